The van der Waals surface area contributed by atoms with Crippen molar-refractivity contribution < 1.29 is 9.13 Å². The molecule has 0 bridgehead atoms. The van der Waals surface area contributed by atoms with Gasteiger partial charge in [0.05, 0.1) is 0 Å². The molecule has 0 spiro atoms. The predicted molar refractivity (Wildman–Crippen MR) is 73.5 cm³/mol. The monoisotopic (exact) mass is 253 g/mol. The Morgan fingerprint density at radius 3 is 2.50 bits per heavy atom. The second kappa shape index (κ2) is 6.19. The topological polar surface area (TPSA) is 12.5 Å². The van der Waals surface area contributed by atoms with E-state index in [1.165, 1.54) is 6.07 Å². The fourth-order valence-electron chi connectivity index (χ4n) is 1.71. The van der Waals surface area contributed by atoms with Gasteiger partial charge >= 0.3 is 0 Å². The highest BCUT2D eigenvalue weighted by Gasteiger charge is 2.16. The Morgan fingerprint density at radius 1 is 1.28 bits per heavy atom. The molecule has 1 aromatic rings. The van der Waals surface area contributed by atoms with Gasteiger partial charge in [0.25, 0.3) is 0 Å². The third-order valence-electron chi connectivity index (χ3n) is 2.84. The molecule has 3 heteroatoms. The van der Waals surface area contributed by atoms with E-state index in [-0.39, 0.29) is 11.2 Å². The molecule has 0 unspecified atom stereocenters. The second-order valence-electron chi connectivity index (χ2n) is 5.75. The molecule has 0 aliphatic carbocycles. The molecule has 0 radical (unpaired) electrons. The van der Waals surface area contributed by atoms with Crippen molar-refractivity contribution in [2.45, 2.75) is 39.5 Å². The van der Waals surface area contributed by atoms with Crippen LogP contribution in [0, 0.1) is 5.82 Å². The summed E-state index contributed by atoms with van der Waals surface area (Å²) in [6.07, 6.45) is 1.06. The zero-order valence-corrected chi connectivity index (χ0v) is 12.1. The van der Waals surface area contributed by atoms with Gasteiger partial charge < -0.3 is 4.74 Å². The van der Waals surface area contributed by atoms with Crippen LogP contribution in [0.4, 0.5) is 4.39 Å². The zero-order chi connectivity index (χ0) is 13.8. The van der Waals surface area contributed by atoms with Crippen LogP contribution in [0.1, 0.15) is 39.7 Å². The Hall–Kier alpha value is -1.09. The van der Waals surface area contributed by atoms with Crippen LogP contribution in [-0.4, -0.2) is 25.2 Å². The van der Waals surface area contributed by atoms with Crippen LogP contribution in [0.25, 0.3) is 0 Å². The van der Waals surface area contributed by atoms with Gasteiger partial charge in [-0.1, -0.05) is 33.8 Å². The normalized spacial score (nSPS) is 11.9. The summed E-state index contributed by atoms with van der Waals surface area (Å²) >= 11 is 0. The lowest BCUT2D eigenvalue weighted by atomic mass is 9.87. The summed E-state index contributed by atoms with van der Waals surface area (Å²) in [5.74, 6) is 0.0401. The highest BCUT2D eigenvalue weighted by atomic mass is 19.1. The Bertz CT molecular complexity index is 385. The highest BCUT2D eigenvalue weighted by molar-refractivity contribution is 5.34. The van der Waals surface area contributed by atoms with Crippen LogP contribution < -0.4 is 4.74 Å². The van der Waals surface area contributed by atoms with Crippen molar-refractivity contribution in [2.75, 3.05) is 20.3 Å². The summed E-state index contributed by atoms with van der Waals surface area (Å²) in [4.78, 5) is 2.03. The van der Waals surface area contributed by atoms with Gasteiger partial charge in [0.1, 0.15) is 6.73 Å². The lowest BCUT2D eigenvalue weighted by Crippen LogP contribution is -2.24. The van der Waals surface area contributed by atoms with Crippen LogP contribution >= 0.6 is 0 Å². The number of nitrogens with zero attached hydrogens (tertiary/aromatic N) is 1. The number of benzene rings is 1. The van der Waals surface area contributed by atoms with E-state index in [0.717, 1.165) is 18.5 Å². The largest absolute Gasteiger partial charge is 0.475 e. The van der Waals surface area contributed by atoms with Crippen LogP contribution in [0.2, 0.25) is 0 Å². The smallest absolute Gasteiger partial charge is 0.165 e. The number of ether oxygens (including phenoxy) is 1. The predicted octanol–water partition coefficient (Wildman–Crippen LogP) is 3.80. The van der Waals surface area contributed by atoms with E-state index in [2.05, 4.69) is 27.7 Å². The van der Waals surface area contributed by atoms with E-state index in [4.69, 9.17) is 4.74 Å². The first-order valence-electron chi connectivity index (χ1n) is 6.46. The standard InChI is InChI=1S/C15H24FNO/c1-6-9-17(5)11-18-14-10-12(15(2,3)4)7-8-13(14)16/h7-8,10H,6,9,11H2,1-5H3. The molecule has 0 aliphatic rings. The van der Waals surface area contributed by atoms with E-state index < -0.39 is 0 Å². The average molecular weight is 253 g/mol. The first-order chi connectivity index (χ1) is 8.34. The highest BCUT2D eigenvalue weighted by Crippen LogP contribution is 2.27. The molecule has 2 nitrogen and oxygen atoms in total. The fourth-order valence-corrected chi connectivity index (χ4v) is 1.71. The van der Waals surface area contributed by atoms with Crippen molar-refractivity contribution in [3.05, 3.63) is 29.6 Å². The summed E-state index contributed by atoms with van der Waals surface area (Å²) in [5.41, 5.74) is 1.08. The SMILES string of the molecule is CCCN(C)COc1cc(C(C)(C)C)ccc1F. The summed E-state index contributed by atoms with van der Waals surface area (Å²) < 4.78 is 19.2. The number of rotatable bonds is 5. The van der Waals surface area contributed by atoms with E-state index >= 15 is 0 Å². The maximum Gasteiger partial charge on any atom is 0.165 e. The maximum atomic E-state index is 13.7. The minimum absolute atomic E-state index is 0.00112. The lowest BCUT2D eigenvalue weighted by Gasteiger charge is -2.21. The van der Waals surface area contributed by atoms with E-state index in [1.807, 2.05) is 18.0 Å². The molecule has 0 amide bonds. The van der Waals surface area contributed by atoms with Gasteiger partial charge in [0, 0.05) is 6.54 Å². The zero-order valence-electron chi connectivity index (χ0n) is 12.1. The van der Waals surface area contributed by atoms with Crippen molar-refractivity contribution in [1.82, 2.24) is 4.90 Å². The molecule has 0 saturated carbocycles. The van der Waals surface area contributed by atoms with Gasteiger partial charge in [0.15, 0.2) is 11.6 Å². The maximum absolute atomic E-state index is 13.7. The molecular weight excluding hydrogens is 229 g/mol. The Balaban J connectivity index is 2.76. The molecule has 0 N–H and O–H groups in total. The molecule has 0 fully saturated rings. The van der Waals surface area contributed by atoms with Crippen molar-refractivity contribution in [3.63, 3.8) is 0 Å². The Morgan fingerprint density at radius 2 is 1.94 bits per heavy atom. The van der Waals surface area contributed by atoms with Crippen LogP contribution in [0.5, 0.6) is 5.75 Å². The molecule has 0 heterocycles. The molecule has 1 aromatic carbocycles. The van der Waals surface area contributed by atoms with Crippen LogP contribution in [0.15, 0.2) is 18.2 Å². The molecule has 0 saturated heterocycles. The van der Waals surface area contributed by atoms with Crippen molar-refractivity contribution in [3.8, 4) is 5.75 Å². The number of hydrogen-bond acceptors (Lipinski definition) is 2. The number of halogens is 1. The minimum Gasteiger partial charge on any atom is -0.475 e. The first kappa shape index (κ1) is 15.0. The van der Waals surface area contributed by atoms with Gasteiger partial charge in [-0.25, -0.2) is 4.39 Å². The third kappa shape index (κ3) is 4.30. The minimum atomic E-state index is -0.298. The lowest BCUT2D eigenvalue weighted by molar-refractivity contribution is 0.148. The third-order valence-corrected chi connectivity index (χ3v) is 2.84. The molecule has 18 heavy (non-hydrogen) atoms. The second-order valence-corrected chi connectivity index (χ2v) is 5.75. The van der Waals surface area contributed by atoms with E-state index in [0.29, 0.717) is 12.5 Å². The van der Waals surface area contributed by atoms with E-state index in [1.54, 1.807) is 6.07 Å². The van der Waals surface area contributed by atoms with Crippen molar-refractivity contribution >= 4 is 0 Å². The summed E-state index contributed by atoms with van der Waals surface area (Å²) in [6.45, 7) is 9.78. The fraction of sp³-hybridized carbons (Fsp3) is 0.600. The van der Waals surface area contributed by atoms with Gasteiger partial charge in [-0.15, -0.1) is 0 Å². The Labute approximate surface area is 110 Å². The Kier molecular flexibility index (Phi) is 5.15. The van der Waals surface area contributed by atoms with Gasteiger partial charge in [-0.2, -0.15) is 0 Å². The average Bonchev–Trinajstić information content (AvgIpc) is 2.26. The van der Waals surface area contributed by atoms with Crippen molar-refractivity contribution in [1.29, 1.82) is 0 Å². The summed E-state index contributed by atoms with van der Waals surface area (Å²) in [5, 5.41) is 0. The molecule has 0 atom stereocenters. The quantitative estimate of drug-likeness (QED) is 0.740. The summed E-state index contributed by atoms with van der Waals surface area (Å²) in [7, 11) is 1.97. The van der Waals surface area contributed by atoms with Crippen LogP contribution in [0.3, 0.4) is 0 Å². The molecule has 0 aliphatic heterocycles. The van der Waals surface area contributed by atoms with Gasteiger partial charge in [0.2, 0.25) is 0 Å². The molecular formula is C15H24FNO. The van der Waals surface area contributed by atoms with Gasteiger partial charge in [-0.3, -0.25) is 4.90 Å². The number of hydrogen-bond donors (Lipinski definition) is 0. The van der Waals surface area contributed by atoms with Crippen LogP contribution in [-0.2, 0) is 5.41 Å². The van der Waals surface area contributed by atoms with Crippen molar-refractivity contribution in [2.24, 2.45) is 0 Å². The molecule has 0 aromatic heterocycles. The molecule has 1 rings (SSSR count). The molecule has 102 valence electrons. The summed E-state index contributed by atoms with van der Waals surface area (Å²) in [6, 6.07) is 5.10. The van der Waals surface area contributed by atoms with Gasteiger partial charge in [-0.05, 0) is 36.6 Å². The van der Waals surface area contributed by atoms with E-state index in [9.17, 15) is 4.39 Å². The first-order valence-corrected chi connectivity index (χ1v) is 6.46.